The first kappa shape index (κ1) is 18.7. The van der Waals surface area contributed by atoms with Crippen molar-refractivity contribution in [2.24, 2.45) is 0 Å². The second kappa shape index (κ2) is 6.73. The average molecular weight is 421 g/mol. The number of fused-ring (bicyclic) bond motifs is 6. The van der Waals surface area contributed by atoms with Gasteiger partial charge in [-0.25, -0.2) is 9.97 Å². The topological polar surface area (TPSA) is 25.8 Å². The molecule has 0 fully saturated rings. The number of hydrogen-bond acceptors (Lipinski definition) is 3. The molecule has 5 aromatic rings. The predicted octanol–water partition coefficient (Wildman–Crippen LogP) is 7.57. The molecule has 0 radical (unpaired) electrons. The van der Waals surface area contributed by atoms with Crippen LogP contribution in [-0.2, 0) is 18.3 Å². The maximum Gasteiger partial charge on any atom is 0.128 e. The van der Waals surface area contributed by atoms with Crippen LogP contribution in [0.25, 0.3) is 42.7 Å². The first-order valence-electron chi connectivity index (χ1n) is 10.9. The number of aryl methyl sites for hydroxylation is 2. The molecule has 0 saturated heterocycles. The molecule has 1 aliphatic carbocycles. The van der Waals surface area contributed by atoms with Gasteiger partial charge in [0.25, 0.3) is 0 Å². The van der Waals surface area contributed by atoms with Crippen molar-refractivity contribution in [3.8, 4) is 21.7 Å². The Hall–Kier alpha value is -3.04. The number of thiophene rings is 1. The highest BCUT2D eigenvalue weighted by atomic mass is 32.1. The molecule has 3 heteroatoms. The van der Waals surface area contributed by atoms with E-state index >= 15 is 0 Å². The maximum absolute atomic E-state index is 4.84. The molecule has 6 rings (SSSR count). The predicted molar refractivity (Wildman–Crippen MR) is 132 cm³/mol. The van der Waals surface area contributed by atoms with E-state index in [1.165, 1.54) is 48.9 Å². The van der Waals surface area contributed by atoms with Crippen LogP contribution in [0, 0.1) is 0 Å². The van der Waals surface area contributed by atoms with Crippen LogP contribution in [-0.4, -0.2) is 9.97 Å². The zero-order chi connectivity index (χ0) is 21.2. The molecule has 0 bridgehead atoms. The van der Waals surface area contributed by atoms with Crippen LogP contribution in [0.5, 0.6) is 0 Å². The third kappa shape index (κ3) is 2.91. The van der Waals surface area contributed by atoms with Crippen LogP contribution in [0.2, 0.25) is 0 Å². The van der Waals surface area contributed by atoms with E-state index in [1.54, 1.807) is 6.33 Å². The Bertz CT molecular complexity index is 1470. The minimum Gasteiger partial charge on any atom is -0.236 e. The average Bonchev–Trinajstić information content (AvgIpc) is 3.17. The summed E-state index contributed by atoms with van der Waals surface area (Å²) in [5.41, 5.74) is 7.90. The van der Waals surface area contributed by atoms with Gasteiger partial charge in [-0.05, 0) is 63.4 Å². The van der Waals surface area contributed by atoms with E-state index in [0.29, 0.717) is 0 Å². The van der Waals surface area contributed by atoms with Crippen molar-refractivity contribution >= 4 is 32.3 Å². The van der Waals surface area contributed by atoms with Crippen molar-refractivity contribution in [3.63, 3.8) is 0 Å². The molecule has 2 aromatic heterocycles. The van der Waals surface area contributed by atoms with Crippen molar-refractivity contribution in [2.45, 2.75) is 39.0 Å². The fourth-order valence-corrected chi connectivity index (χ4v) is 6.20. The zero-order valence-electron chi connectivity index (χ0n) is 18.1. The molecule has 0 spiro atoms. The molecule has 2 nitrogen and oxygen atoms in total. The van der Waals surface area contributed by atoms with E-state index in [4.69, 9.17) is 4.98 Å². The van der Waals surface area contributed by atoms with Crippen LogP contribution in [0.4, 0.5) is 0 Å². The molecular weight excluding hydrogens is 396 g/mol. The fourth-order valence-electron chi connectivity index (χ4n) is 4.95. The number of rotatable bonds is 1. The van der Waals surface area contributed by atoms with Gasteiger partial charge in [0.1, 0.15) is 11.2 Å². The van der Waals surface area contributed by atoms with E-state index in [-0.39, 0.29) is 5.41 Å². The van der Waals surface area contributed by atoms with E-state index in [9.17, 15) is 0 Å². The fraction of sp³-hybridized carbons (Fsp3) is 0.214. The van der Waals surface area contributed by atoms with E-state index in [0.717, 1.165) is 23.4 Å². The van der Waals surface area contributed by atoms with Gasteiger partial charge in [0.2, 0.25) is 0 Å². The summed E-state index contributed by atoms with van der Waals surface area (Å²) in [7, 11) is 0. The molecular formula is C28H24N2S. The summed E-state index contributed by atoms with van der Waals surface area (Å²) >= 11 is 1.81. The third-order valence-electron chi connectivity index (χ3n) is 6.44. The normalized spacial score (nSPS) is 13.4. The summed E-state index contributed by atoms with van der Waals surface area (Å²) in [6.07, 6.45) is 3.86. The standard InChI is InChI=1S/C28H24N2S/c1-28(2,3)23-15-19(14-18-9-5-6-10-20(18)23)25-24-22-13-12-17-8-4-7-11-21(17)26(22)31-27(24)30-16-29-25/h4-11,14-16H,12-13H2,1-3H3. The van der Waals surface area contributed by atoms with Crippen molar-refractivity contribution in [1.82, 2.24) is 9.97 Å². The Morgan fingerprint density at radius 3 is 2.55 bits per heavy atom. The van der Waals surface area contributed by atoms with E-state index in [1.807, 2.05) is 11.3 Å². The molecule has 3 aromatic carbocycles. The van der Waals surface area contributed by atoms with Gasteiger partial charge in [-0.15, -0.1) is 11.3 Å². The van der Waals surface area contributed by atoms with Crippen LogP contribution < -0.4 is 0 Å². The molecule has 0 saturated carbocycles. The number of hydrogen-bond donors (Lipinski definition) is 0. The Morgan fingerprint density at radius 2 is 1.68 bits per heavy atom. The minimum atomic E-state index is 0.0504. The second-order valence-electron chi connectivity index (χ2n) is 9.46. The minimum absolute atomic E-state index is 0.0504. The van der Waals surface area contributed by atoms with Crippen molar-refractivity contribution < 1.29 is 0 Å². The highest BCUT2D eigenvalue weighted by Gasteiger charge is 2.25. The number of nitrogens with zero attached hydrogens (tertiary/aromatic N) is 2. The summed E-state index contributed by atoms with van der Waals surface area (Å²) in [5, 5.41) is 3.84. The lowest BCUT2D eigenvalue weighted by Crippen LogP contribution is -2.12. The Kier molecular flexibility index (Phi) is 4.06. The number of aromatic nitrogens is 2. The third-order valence-corrected chi connectivity index (χ3v) is 7.61. The molecule has 1 aliphatic rings. The monoisotopic (exact) mass is 420 g/mol. The van der Waals surface area contributed by atoms with Crippen molar-refractivity contribution in [1.29, 1.82) is 0 Å². The van der Waals surface area contributed by atoms with E-state index < -0.39 is 0 Å². The lowest BCUT2D eigenvalue weighted by Gasteiger charge is -2.23. The van der Waals surface area contributed by atoms with Gasteiger partial charge in [0.15, 0.2) is 0 Å². The van der Waals surface area contributed by atoms with E-state index in [2.05, 4.69) is 86.4 Å². The lowest BCUT2D eigenvalue weighted by molar-refractivity contribution is 0.596. The van der Waals surface area contributed by atoms with Gasteiger partial charge < -0.3 is 0 Å². The van der Waals surface area contributed by atoms with Gasteiger partial charge >= 0.3 is 0 Å². The molecule has 0 aliphatic heterocycles. The molecule has 152 valence electrons. The first-order valence-corrected chi connectivity index (χ1v) is 11.7. The molecule has 2 heterocycles. The molecule has 0 N–H and O–H groups in total. The zero-order valence-corrected chi connectivity index (χ0v) is 18.9. The van der Waals surface area contributed by atoms with Gasteiger partial charge in [-0.3, -0.25) is 0 Å². The molecule has 0 unspecified atom stereocenters. The molecule has 0 atom stereocenters. The quantitative estimate of drug-likeness (QED) is 0.279. The van der Waals surface area contributed by atoms with Gasteiger partial charge in [0.05, 0.1) is 5.69 Å². The molecule has 0 amide bonds. The summed E-state index contributed by atoms with van der Waals surface area (Å²) in [5.74, 6) is 0. The maximum atomic E-state index is 4.84. The second-order valence-corrected chi connectivity index (χ2v) is 10.5. The summed E-state index contributed by atoms with van der Waals surface area (Å²) < 4.78 is 0. The lowest BCUT2D eigenvalue weighted by atomic mass is 9.82. The first-order chi connectivity index (χ1) is 15.0. The van der Waals surface area contributed by atoms with Gasteiger partial charge in [-0.2, -0.15) is 0 Å². The Labute approximate surface area is 186 Å². The largest absolute Gasteiger partial charge is 0.236 e. The summed E-state index contributed by atoms with van der Waals surface area (Å²) in [6, 6.07) is 22.2. The van der Waals surface area contributed by atoms with Crippen molar-refractivity contribution in [3.05, 3.63) is 83.7 Å². The highest BCUT2D eigenvalue weighted by molar-refractivity contribution is 7.22. The van der Waals surface area contributed by atoms with Crippen LogP contribution in [0.3, 0.4) is 0 Å². The summed E-state index contributed by atoms with van der Waals surface area (Å²) in [4.78, 5) is 12.0. The van der Waals surface area contributed by atoms with Crippen LogP contribution in [0.15, 0.2) is 67.0 Å². The van der Waals surface area contributed by atoms with Gasteiger partial charge in [-0.1, -0.05) is 69.3 Å². The number of benzene rings is 3. The SMILES string of the molecule is CC(C)(C)c1cc(-c2ncnc3sc4c(c23)CCc2ccccc2-4)cc2ccccc12. The molecule has 31 heavy (non-hydrogen) atoms. The van der Waals surface area contributed by atoms with Gasteiger partial charge in [0, 0.05) is 15.8 Å². The Balaban J connectivity index is 1.66. The smallest absolute Gasteiger partial charge is 0.128 e. The Morgan fingerprint density at radius 1 is 0.871 bits per heavy atom. The van der Waals surface area contributed by atoms with Crippen LogP contribution in [0.1, 0.15) is 37.5 Å². The summed E-state index contributed by atoms with van der Waals surface area (Å²) in [6.45, 7) is 6.87. The van der Waals surface area contributed by atoms with Crippen molar-refractivity contribution in [2.75, 3.05) is 0 Å². The van der Waals surface area contributed by atoms with Crippen LogP contribution >= 0.6 is 11.3 Å². The highest BCUT2D eigenvalue weighted by Crippen LogP contribution is 2.46.